The van der Waals surface area contributed by atoms with Crippen molar-refractivity contribution in [3.63, 3.8) is 0 Å². The smallest absolute Gasteiger partial charge is 0.0594 e. The fourth-order valence-electron chi connectivity index (χ4n) is 3.21. The van der Waals surface area contributed by atoms with Crippen molar-refractivity contribution in [1.29, 1.82) is 0 Å². The molecule has 112 valence electrons. The van der Waals surface area contributed by atoms with Crippen LogP contribution in [0.1, 0.15) is 75.6 Å². The number of nitrogens with two attached hydrogens (primary N) is 1. The van der Waals surface area contributed by atoms with Crippen LogP contribution >= 0.6 is 0 Å². The Hall–Kier alpha value is -0.860. The molecule has 3 atom stereocenters. The van der Waals surface area contributed by atoms with Crippen LogP contribution in [0.25, 0.3) is 0 Å². The Labute approximate surface area is 123 Å². The Morgan fingerprint density at radius 2 is 1.80 bits per heavy atom. The first-order valence-corrected chi connectivity index (χ1v) is 7.92. The minimum atomic E-state index is 0.0890. The number of benzene rings is 1. The van der Waals surface area contributed by atoms with Crippen molar-refractivity contribution in [2.45, 2.75) is 65.0 Å². The van der Waals surface area contributed by atoms with Crippen molar-refractivity contribution in [3.8, 4) is 0 Å². The first-order valence-electron chi connectivity index (χ1n) is 7.92. The van der Waals surface area contributed by atoms with Crippen LogP contribution in [0.2, 0.25) is 0 Å². The van der Waals surface area contributed by atoms with Gasteiger partial charge in [-0.1, -0.05) is 45.9 Å². The highest BCUT2D eigenvalue weighted by atomic mass is 16.5. The highest BCUT2D eigenvalue weighted by molar-refractivity contribution is 5.38. The fraction of sp³-hybridized carbons (Fsp3) is 0.667. The summed E-state index contributed by atoms with van der Waals surface area (Å²) < 4.78 is 5.69. The first kappa shape index (κ1) is 15.5. The number of ether oxygens (including phenoxy) is 1. The molecule has 2 N–H and O–H groups in total. The molecule has 0 aromatic heterocycles. The monoisotopic (exact) mass is 275 g/mol. The molecule has 1 aliphatic rings. The van der Waals surface area contributed by atoms with E-state index in [0.717, 1.165) is 13.0 Å². The van der Waals surface area contributed by atoms with Gasteiger partial charge in [0, 0.05) is 18.6 Å². The molecule has 2 heteroatoms. The van der Waals surface area contributed by atoms with E-state index in [1.165, 1.54) is 16.7 Å². The van der Waals surface area contributed by atoms with Crippen LogP contribution in [0.3, 0.4) is 0 Å². The van der Waals surface area contributed by atoms with Crippen LogP contribution < -0.4 is 5.73 Å². The zero-order valence-electron chi connectivity index (χ0n) is 13.5. The zero-order valence-corrected chi connectivity index (χ0v) is 13.5. The minimum Gasteiger partial charge on any atom is -0.378 e. The van der Waals surface area contributed by atoms with Crippen molar-refractivity contribution in [3.05, 3.63) is 34.9 Å². The maximum Gasteiger partial charge on any atom is 0.0594 e. The lowest BCUT2D eigenvalue weighted by Gasteiger charge is -2.26. The molecule has 2 nitrogen and oxygen atoms in total. The minimum absolute atomic E-state index is 0.0890. The van der Waals surface area contributed by atoms with Crippen LogP contribution in [0.5, 0.6) is 0 Å². The van der Waals surface area contributed by atoms with E-state index in [0.29, 0.717) is 17.8 Å². The van der Waals surface area contributed by atoms with Gasteiger partial charge in [0.05, 0.1) is 6.10 Å². The Morgan fingerprint density at radius 1 is 1.10 bits per heavy atom. The molecule has 1 saturated heterocycles. The molecule has 1 aromatic carbocycles. The van der Waals surface area contributed by atoms with E-state index in [4.69, 9.17) is 10.5 Å². The fourth-order valence-corrected chi connectivity index (χ4v) is 3.21. The summed E-state index contributed by atoms with van der Waals surface area (Å²) in [4.78, 5) is 0. The van der Waals surface area contributed by atoms with Gasteiger partial charge in [0.25, 0.3) is 0 Å². The summed E-state index contributed by atoms with van der Waals surface area (Å²) in [5.74, 6) is 1.51. The van der Waals surface area contributed by atoms with Crippen LogP contribution in [-0.4, -0.2) is 12.7 Å². The van der Waals surface area contributed by atoms with E-state index in [2.05, 4.69) is 52.8 Å². The third-order valence-electron chi connectivity index (χ3n) is 4.65. The second-order valence-electron chi connectivity index (χ2n) is 6.75. The molecule has 0 spiro atoms. The summed E-state index contributed by atoms with van der Waals surface area (Å²) in [6, 6.07) is 6.93. The van der Waals surface area contributed by atoms with Crippen LogP contribution in [0, 0.1) is 5.92 Å². The summed E-state index contributed by atoms with van der Waals surface area (Å²) in [6.45, 7) is 12.0. The van der Waals surface area contributed by atoms with Gasteiger partial charge in [-0.25, -0.2) is 0 Å². The predicted molar refractivity (Wildman–Crippen MR) is 85.1 cm³/mol. The number of hydrogen-bond acceptors (Lipinski definition) is 2. The second-order valence-corrected chi connectivity index (χ2v) is 6.75. The molecule has 0 saturated carbocycles. The van der Waals surface area contributed by atoms with Crippen molar-refractivity contribution in [2.24, 2.45) is 11.7 Å². The molecule has 2 rings (SSSR count). The molecule has 1 aromatic rings. The lowest BCUT2D eigenvalue weighted by molar-refractivity contribution is 0.0994. The van der Waals surface area contributed by atoms with Crippen LogP contribution in [0.15, 0.2) is 18.2 Å². The van der Waals surface area contributed by atoms with Gasteiger partial charge in [-0.15, -0.1) is 0 Å². The average Bonchev–Trinajstić information content (AvgIpc) is 2.83. The molecule has 0 bridgehead atoms. The van der Waals surface area contributed by atoms with E-state index < -0.39 is 0 Å². The zero-order chi connectivity index (χ0) is 14.9. The van der Waals surface area contributed by atoms with Crippen LogP contribution in [-0.2, 0) is 4.74 Å². The quantitative estimate of drug-likeness (QED) is 0.886. The lowest BCUT2D eigenvalue weighted by Crippen LogP contribution is -2.27. The van der Waals surface area contributed by atoms with Crippen LogP contribution in [0.4, 0.5) is 0 Å². The molecule has 1 heterocycles. The van der Waals surface area contributed by atoms with E-state index >= 15 is 0 Å². The summed E-state index contributed by atoms with van der Waals surface area (Å²) in [5.41, 5.74) is 10.7. The topological polar surface area (TPSA) is 35.2 Å². The van der Waals surface area contributed by atoms with E-state index in [9.17, 15) is 0 Å². The third kappa shape index (κ3) is 3.07. The molecule has 20 heavy (non-hydrogen) atoms. The van der Waals surface area contributed by atoms with Gasteiger partial charge in [0.2, 0.25) is 0 Å². The Kier molecular flexibility index (Phi) is 4.87. The van der Waals surface area contributed by atoms with E-state index in [1.54, 1.807) is 0 Å². The Balaban J connectivity index is 2.35. The Bertz CT molecular complexity index is 453. The maximum absolute atomic E-state index is 6.58. The predicted octanol–water partition coefficient (Wildman–Crippen LogP) is 4.36. The van der Waals surface area contributed by atoms with Gasteiger partial charge in [-0.3, -0.25) is 0 Å². The summed E-state index contributed by atoms with van der Waals surface area (Å²) in [6.07, 6.45) is 1.35. The van der Waals surface area contributed by atoms with Gasteiger partial charge in [0.1, 0.15) is 0 Å². The van der Waals surface area contributed by atoms with E-state index in [-0.39, 0.29) is 12.1 Å². The van der Waals surface area contributed by atoms with Crippen molar-refractivity contribution in [2.75, 3.05) is 6.61 Å². The molecule has 0 aliphatic carbocycles. The molecule has 1 aliphatic heterocycles. The normalized spacial score (nSPS) is 24.6. The first-order chi connectivity index (χ1) is 9.41. The van der Waals surface area contributed by atoms with Crippen molar-refractivity contribution >= 4 is 0 Å². The molecule has 0 amide bonds. The van der Waals surface area contributed by atoms with E-state index in [1.807, 2.05) is 0 Å². The van der Waals surface area contributed by atoms with Crippen molar-refractivity contribution in [1.82, 2.24) is 0 Å². The highest BCUT2D eigenvalue weighted by Gasteiger charge is 2.31. The SMILES string of the molecule is CC(C)c1ccc(C(N)C2CCOC2C)c(C(C)C)c1. The molecule has 0 radical (unpaired) electrons. The van der Waals surface area contributed by atoms with Gasteiger partial charge in [-0.05, 0) is 41.9 Å². The van der Waals surface area contributed by atoms with Gasteiger partial charge < -0.3 is 10.5 Å². The lowest BCUT2D eigenvalue weighted by atomic mass is 9.82. The average molecular weight is 275 g/mol. The molecule has 1 fully saturated rings. The molecular weight excluding hydrogens is 246 g/mol. The van der Waals surface area contributed by atoms with Gasteiger partial charge in [0.15, 0.2) is 0 Å². The Morgan fingerprint density at radius 3 is 2.30 bits per heavy atom. The standard InChI is InChI=1S/C18H29NO/c1-11(2)14-6-7-16(17(10-14)12(3)4)18(19)15-8-9-20-13(15)5/h6-7,10-13,15,18H,8-9,19H2,1-5H3. The number of hydrogen-bond donors (Lipinski definition) is 1. The van der Waals surface area contributed by atoms with Gasteiger partial charge >= 0.3 is 0 Å². The molecule has 3 unspecified atom stereocenters. The summed E-state index contributed by atoms with van der Waals surface area (Å²) in [5, 5.41) is 0. The summed E-state index contributed by atoms with van der Waals surface area (Å²) in [7, 11) is 0. The maximum atomic E-state index is 6.58. The highest BCUT2D eigenvalue weighted by Crippen LogP contribution is 2.36. The third-order valence-corrected chi connectivity index (χ3v) is 4.65. The summed E-state index contributed by atoms with van der Waals surface area (Å²) >= 11 is 0. The van der Waals surface area contributed by atoms with Crippen molar-refractivity contribution < 1.29 is 4.74 Å². The van der Waals surface area contributed by atoms with Gasteiger partial charge in [-0.2, -0.15) is 0 Å². The second kappa shape index (κ2) is 6.28. The largest absolute Gasteiger partial charge is 0.378 e. The number of rotatable bonds is 4. The molecular formula is C18H29NO.